The summed E-state index contributed by atoms with van der Waals surface area (Å²) >= 11 is 4.34. The van der Waals surface area contributed by atoms with E-state index in [4.69, 9.17) is 5.11 Å². The number of hydrogen-bond donors (Lipinski definition) is 3. The molecule has 2 aromatic rings. The topological polar surface area (TPSA) is 104 Å². The second-order valence-corrected chi connectivity index (χ2v) is 4.98. The number of halogens is 1. The van der Waals surface area contributed by atoms with Crippen molar-refractivity contribution in [1.82, 2.24) is 10.2 Å². The van der Waals surface area contributed by atoms with Crippen molar-refractivity contribution in [3.8, 4) is 0 Å². The quantitative estimate of drug-likeness (QED) is 0.795. The van der Waals surface area contributed by atoms with Gasteiger partial charge in [0.15, 0.2) is 0 Å². The molecule has 1 heterocycles. The summed E-state index contributed by atoms with van der Waals surface area (Å²) in [5, 5.41) is 21.5. The molecule has 0 spiro atoms. The van der Waals surface area contributed by atoms with Crippen molar-refractivity contribution in [3.63, 3.8) is 0 Å². The molecule has 1 aromatic carbocycles. The number of carboxylic acids is 1. The van der Waals surface area contributed by atoms with Gasteiger partial charge in [0.2, 0.25) is 5.13 Å². The average molecular weight is 343 g/mol. The summed E-state index contributed by atoms with van der Waals surface area (Å²) in [6.07, 6.45) is 0. The van der Waals surface area contributed by atoms with Gasteiger partial charge >= 0.3 is 12.0 Å². The number of urea groups is 1. The Hall–Kier alpha value is -2.00. The summed E-state index contributed by atoms with van der Waals surface area (Å²) in [5.41, 5.74) is 1.63. The van der Waals surface area contributed by atoms with Crippen LogP contribution in [0.1, 0.15) is 10.4 Å². The molecule has 0 bridgehead atoms. The van der Waals surface area contributed by atoms with Gasteiger partial charge in [-0.2, -0.15) is 0 Å². The van der Waals surface area contributed by atoms with E-state index in [1.165, 1.54) is 11.6 Å². The highest BCUT2D eigenvalue weighted by molar-refractivity contribution is 9.10. The van der Waals surface area contributed by atoms with E-state index in [1.807, 2.05) is 0 Å². The third kappa shape index (κ3) is 3.26. The predicted octanol–water partition coefficient (Wildman–Crippen LogP) is 2.64. The van der Waals surface area contributed by atoms with E-state index in [9.17, 15) is 9.59 Å². The number of rotatable bonds is 3. The van der Waals surface area contributed by atoms with Crippen LogP contribution in [-0.2, 0) is 0 Å². The molecule has 3 N–H and O–H groups in total. The van der Waals surface area contributed by atoms with Gasteiger partial charge in [-0.1, -0.05) is 17.4 Å². The van der Waals surface area contributed by atoms with Crippen molar-refractivity contribution < 1.29 is 14.7 Å². The number of nitrogens with one attached hydrogen (secondary N) is 2. The molecule has 0 aliphatic carbocycles. The molecule has 0 atom stereocenters. The first-order valence-electron chi connectivity index (χ1n) is 4.94. The molecule has 0 saturated carbocycles. The number of amides is 2. The zero-order chi connectivity index (χ0) is 13.8. The molecule has 0 radical (unpaired) electrons. The number of anilines is 2. The fraction of sp³-hybridized carbons (Fsp3) is 0. The van der Waals surface area contributed by atoms with Gasteiger partial charge in [0.1, 0.15) is 5.51 Å². The standard InChI is InChI=1S/C10H7BrN4O3S/c11-6-3-1-2-5(8(16)17)7(6)13-9(18)14-10-15-12-4-19-10/h1-4H,(H,16,17)(H2,13,14,15,18). The third-order valence-electron chi connectivity index (χ3n) is 2.06. The van der Waals surface area contributed by atoms with Crippen molar-refractivity contribution in [1.29, 1.82) is 0 Å². The van der Waals surface area contributed by atoms with Gasteiger partial charge in [0.25, 0.3) is 0 Å². The number of hydrogen-bond acceptors (Lipinski definition) is 5. The van der Waals surface area contributed by atoms with Gasteiger partial charge in [0, 0.05) is 4.47 Å². The van der Waals surface area contributed by atoms with Crippen molar-refractivity contribution >= 4 is 50.1 Å². The summed E-state index contributed by atoms with van der Waals surface area (Å²) in [4.78, 5) is 22.8. The van der Waals surface area contributed by atoms with E-state index < -0.39 is 12.0 Å². The molecule has 0 unspecified atom stereocenters. The molecule has 2 rings (SSSR count). The molecule has 19 heavy (non-hydrogen) atoms. The first kappa shape index (κ1) is 13.4. The number of nitrogens with zero attached hydrogens (tertiary/aromatic N) is 2. The van der Waals surface area contributed by atoms with Crippen LogP contribution in [0.25, 0.3) is 0 Å². The number of carbonyl (C=O) groups is 2. The monoisotopic (exact) mass is 342 g/mol. The molecule has 1 aromatic heterocycles. The van der Waals surface area contributed by atoms with E-state index in [0.717, 1.165) is 11.3 Å². The fourth-order valence-electron chi connectivity index (χ4n) is 1.30. The lowest BCUT2D eigenvalue weighted by Gasteiger charge is -2.10. The van der Waals surface area contributed by atoms with E-state index in [2.05, 4.69) is 36.8 Å². The predicted molar refractivity (Wildman–Crippen MR) is 73.7 cm³/mol. The van der Waals surface area contributed by atoms with Crippen LogP contribution in [0.2, 0.25) is 0 Å². The van der Waals surface area contributed by atoms with Gasteiger partial charge in [0.05, 0.1) is 11.3 Å². The Bertz CT molecular complexity index is 617. The van der Waals surface area contributed by atoms with Crippen molar-refractivity contribution in [2.45, 2.75) is 0 Å². The number of aromatic carboxylic acids is 1. The van der Waals surface area contributed by atoms with Crippen molar-refractivity contribution in [2.75, 3.05) is 10.6 Å². The fourth-order valence-corrected chi connectivity index (χ4v) is 2.20. The van der Waals surface area contributed by atoms with Crippen LogP contribution in [0, 0.1) is 0 Å². The first-order chi connectivity index (χ1) is 9.08. The van der Waals surface area contributed by atoms with Crippen LogP contribution < -0.4 is 10.6 Å². The lowest BCUT2D eigenvalue weighted by molar-refractivity contribution is 0.0698. The van der Waals surface area contributed by atoms with E-state index in [0.29, 0.717) is 9.60 Å². The van der Waals surface area contributed by atoms with Gasteiger partial charge < -0.3 is 10.4 Å². The molecule has 2 amide bonds. The lowest BCUT2D eigenvalue weighted by Crippen LogP contribution is -2.21. The summed E-state index contributed by atoms with van der Waals surface area (Å²) in [7, 11) is 0. The van der Waals surface area contributed by atoms with Crippen LogP contribution in [0.5, 0.6) is 0 Å². The summed E-state index contributed by atoms with van der Waals surface area (Å²) < 4.78 is 0.472. The number of aromatic nitrogens is 2. The van der Waals surface area contributed by atoms with E-state index in [-0.39, 0.29) is 11.3 Å². The van der Waals surface area contributed by atoms with Crippen LogP contribution >= 0.6 is 27.3 Å². The zero-order valence-corrected chi connectivity index (χ0v) is 11.7. The maximum absolute atomic E-state index is 11.7. The van der Waals surface area contributed by atoms with Gasteiger partial charge in [-0.15, -0.1) is 10.2 Å². The minimum atomic E-state index is -1.13. The molecular formula is C10H7BrN4O3S. The Labute approximate surface area is 119 Å². The van der Waals surface area contributed by atoms with Gasteiger partial charge in [-0.25, -0.2) is 9.59 Å². The molecule has 98 valence electrons. The summed E-state index contributed by atoms with van der Waals surface area (Å²) in [6.45, 7) is 0. The van der Waals surface area contributed by atoms with Crippen LogP contribution in [0.3, 0.4) is 0 Å². The largest absolute Gasteiger partial charge is 0.478 e. The van der Waals surface area contributed by atoms with Gasteiger partial charge in [-0.3, -0.25) is 5.32 Å². The maximum Gasteiger partial charge on any atom is 0.337 e. The molecule has 0 saturated heterocycles. The number of carboxylic acid groups (broad SMARTS) is 1. The molecule has 0 aliphatic rings. The number of carbonyl (C=O) groups excluding carboxylic acids is 1. The Kier molecular flexibility index (Phi) is 4.07. The molecule has 7 nitrogen and oxygen atoms in total. The highest BCUT2D eigenvalue weighted by Gasteiger charge is 2.15. The highest BCUT2D eigenvalue weighted by Crippen LogP contribution is 2.26. The minimum absolute atomic E-state index is 0.0122. The maximum atomic E-state index is 11.7. The second kappa shape index (κ2) is 5.76. The first-order valence-corrected chi connectivity index (χ1v) is 6.61. The van der Waals surface area contributed by atoms with Crippen LogP contribution in [-0.4, -0.2) is 27.3 Å². The Morgan fingerprint density at radius 3 is 2.74 bits per heavy atom. The lowest BCUT2D eigenvalue weighted by atomic mass is 10.2. The van der Waals surface area contributed by atoms with Gasteiger partial charge in [-0.05, 0) is 28.1 Å². The molecule has 9 heteroatoms. The molecular weight excluding hydrogens is 336 g/mol. The molecule has 0 fully saturated rings. The Morgan fingerprint density at radius 1 is 1.32 bits per heavy atom. The molecule has 0 aliphatic heterocycles. The average Bonchev–Trinajstić information content (AvgIpc) is 2.84. The van der Waals surface area contributed by atoms with Crippen molar-refractivity contribution in [2.24, 2.45) is 0 Å². The SMILES string of the molecule is O=C(Nc1nncs1)Nc1c(Br)cccc1C(=O)O. The highest BCUT2D eigenvalue weighted by atomic mass is 79.9. The van der Waals surface area contributed by atoms with E-state index in [1.54, 1.807) is 12.1 Å². The number of para-hydroxylation sites is 1. The smallest absolute Gasteiger partial charge is 0.337 e. The van der Waals surface area contributed by atoms with Crippen LogP contribution in [0.4, 0.5) is 15.6 Å². The van der Waals surface area contributed by atoms with Crippen molar-refractivity contribution in [3.05, 3.63) is 33.7 Å². The second-order valence-electron chi connectivity index (χ2n) is 3.29. The summed E-state index contributed by atoms with van der Waals surface area (Å²) in [5.74, 6) is -1.13. The summed E-state index contributed by atoms with van der Waals surface area (Å²) in [6, 6.07) is 4.01. The minimum Gasteiger partial charge on any atom is -0.478 e. The van der Waals surface area contributed by atoms with Crippen LogP contribution in [0.15, 0.2) is 28.2 Å². The Morgan fingerprint density at radius 2 is 2.11 bits per heavy atom. The third-order valence-corrected chi connectivity index (χ3v) is 3.33. The Balaban J connectivity index is 2.19. The normalized spacial score (nSPS) is 9.95. The zero-order valence-electron chi connectivity index (χ0n) is 9.25. The van der Waals surface area contributed by atoms with E-state index >= 15 is 0 Å². The number of benzene rings is 1.